The van der Waals surface area contributed by atoms with Crippen molar-refractivity contribution in [2.75, 3.05) is 6.61 Å². The average molecular weight is 268 g/mol. The predicted molar refractivity (Wildman–Crippen MR) is 67.1 cm³/mol. The van der Waals surface area contributed by atoms with Crippen molar-refractivity contribution in [3.05, 3.63) is 34.9 Å². The first-order valence-corrected chi connectivity index (χ1v) is 6.04. The summed E-state index contributed by atoms with van der Waals surface area (Å²) >= 11 is 5.82. The minimum absolute atomic E-state index is 0.0416. The lowest BCUT2D eigenvalue weighted by Gasteiger charge is -2.14. The lowest BCUT2D eigenvalue weighted by atomic mass is 9.92. The Morgan fingerprint density at radius 2 is 2.06 bits per heavy atom. The molecule has 2 atom stereocenters. The molecule has 0 aliphatic heterocycles. The Morgan fingerprint density at radius 3 is 2.56 bits per heavy atom. The number of benzene rings is 1. The van der Waals surface area contributed by atoms with E-state index < -0.39 is 5.41 Å². The standard InChI is InChI=1S/C13H14ClNO3/c1-8(16)18-7-10-6-13(10,12(15)17)9-2-4-11(14)5-3-9/h2-5,10H,6-7H2,1H3,(H2,15,17)/t10-,13-/m0/s1. The maximum absolute atomic E-state index is 11.7. The largest absolute Gasteiger partial charge is 0.466 e. The van der Waals surface area contributed by atoms with Crippen LogP contribution in [0.1, 0.15) is 18.9 Å². The molecule has 0 bridgehead atoms. The van der Waals surface area contributed by atoms with Crippen LogP contribution in [0.5, 0.6) is 0 Å². The van der Waals surface area contributed by atoms with Gasteiger partial charge in [0.25, 0.3) is 0 Å². The number of halogens is 1. The third-order valence-corrected chi connectivity index (χ3v) is 3.64. The molecule has 0 radical (unpaired) electrons. The molecule has 0 heterocycles. The van der Waals surface area contributed by atoms with Crippen LogP contribution in [0.3, 0.4) is 0 Å². The van der Waals surface area contributed by atoms with Crippen molar-refractivity contribution in [2.45, 2.75) is 18.8 Å². The van der Waals surface area contributed by atoms with Crippen LogP contribution in [0.15, 0.2) is 24.3 Å². The van der Waals surface area contributed by atoms with Crippen molar-refractivity contribution in [3.63, 3.8) is 0 Å². The maximum Gasteiger partial charge on any atom is 0.302 e. The van der Waals surface area contributed by atoms with E-state index in [1.807, 2.05) is 0 Å². The van der Waals surface area contributed by atoms with E-state index in [1.54, 1.807) is 24.3 Å². The van der Waals surface area contributed by atoms with Crippen molar-refractivity contribution < 1.29 is 14.3 Å². The summed E-state index contributed by atoms with van der Waals surface area (Å²) in [5.74, 6) is -0.779. The summed E-state index contributed by atoms with van der Waals surface area (Å²) in [6, 6.07) is 7.04. The van der Waals surface area contributed by atoms with E-state index in [1.165, 1.54) is 6.92 Å². The molecule has 4 nitrogen and oxygen atoms in total. The van der Waals surface area contributed by atoms with Crippen LogP contribution in [0.25, 0.3) is 0 Å². The van der Waals surface area contributed by atoms with Gasteiger partial charge < -0.3 is 10.5 Å². The number of esters is 1. The molecule has 0 unspecified atom stereocenters. The number of carbonyl (C=O) groups excluding carboxylic acids is 2. The summed E-state index contributed by atoms with van der Waals surface area (Å²) in [6.45, 7) is 1.57. The van der Waals surface area contributed by atoms with E-state index in [4.69, 9.17) is 22.1 Å². The smallest absolute Gasteiger partial charge is 0.302 e. The highest BCUT2D eigenvalue weighted by Gasteiger charge is 2.60. The van der Waals surface area contributed by atoms with E-state index in [2.05, 4.69) is 0 Å². The highest BCUT2D eigenvalue weighted by Crippen LogP contribution is 2.54. The van der Waals surface area contributed by atoms with Gasteiger partial charge in [-0.1, -0.05) is 23.7 Å². The Hall–Kier alpha value is -1.55. The molecule has 1 aliphatic carbocycles. The molecule has 1 saturated carbocycles. The van der Waals surface area contributed by atoms with Gasteiger partial charge in [0.1, 0.15) is 0 Å². The second-order valence-corrected chi connectivity index (χ2v) is 4.98. The van der Waals surface area contributed by atoms with Gasteiger partial charge >= 0.3 is 5.97 Å². The molecule has 1 aromatic rings. The number of hydrogen-bond acceptors (Lipinski definition) is 3. The fraction of sp³-hybridized carbons (Fsp3) is 0.385. The number of rotatable bonds is 4. The highest BCUT2D eigenvalue weighted by molar-refractivity contribution is 6.30. The van der Waals surface area contributed by atoms with Crippen molar-refractivity contribution in [3.8, 4) is 0 Å². The van der Waals surface area contributed by atoms with Crippen LogP contribution in [0.2, 0.25) is 5.02 Å². The monoisotopic (exact) mass is 267 g/mol. The van der Waals surface area contributed by atoms with E-state index in [-0.39, 0.29) is 24.4 Å². The lowest BCUT2D eigenvalue weighted by Crippen LogP contribution is -2.31. The quantitative estimate of drug-likeness (QED) is 0.844. The molecule has 0 aromatic heterocycles. The summed E-state index contributed by atoms with van der Waals surface area (Å²) in [4.78, 5) is 22.5. The van der Waals surface area contributed by atoms with E-state index in [9.17, 15) is 9.59 Å². The van der Waals surface area contributed by atoms with Crippen LogP contribution in [-0.2, 0) is 19.7 Å². The molecule has 1 amide bonds. The summed E-state index contributed by atoms with van der Waals surface area (Å²) in [7, 11) is 0. The topological polar surface area (TPSA) is 69.4 Å². The van der Waals surface area contributed by atoms with E-state index >= 15 is 0 Å². The molecule has 2 N–H and O–H groups in total. The minimum atomic E-state index is -0.708. The zero-order valence-corrected chi connectivity index (χ0v) is 10.7. The lowest BCUT2D eigenvalue weighted by molar-refractivity contribution is -0.142. The third kappa shape index (κ3) is 2.20. The van der Waals surface area contributed by atoms with Gasteiger partial charge in [-0.05, 0) is 24.1 Å². The number of amides is 1. The van der Waals surface area contributed by atoms with E-state index in [0.717, 1.165) is 5.56 Å². The van der Waals surface area contributed by atoms with Gasteiger partial charge in [-0.2, -0.15) is 0 Å². The Bertz CT molecular complexity index is 486. The van der Waals surface area contributed by atoms with Crippen LogP contribution in [0.4, 0.5) is 0 Å². The van der Waals surface area contributed by atoms with Crippen molar-refractivity contribution in [1.82, 2.24) is 0 Å². The SMILES string of the molecule is CC(=O)OC[C@@H]1C[C@]1(C(N)=O)c1ccc(Cl)cc1. The molecule has 0 saturated heterocycles. The summed E-state index contributed by atoms with van der Waals surface area (Å²) in [5.41, 5.74) is 5.61. The Labute approximate surface area is 110 Å². The van der Waals surface area contributed by atoms with E-state index in [0.29, 0.717) is 11.4 Å². The number of nitrogens with two attached hydrogens (primary N) is 1. The van der Waals surface area contributed by atoms with Crippen molar-refractivity contribution in [2.24, 2.45) is 11.7 Å². The normalized spacial score (nSPS) is 25.6. The average Bonchev–Trinajstić information content (AvgIpc) is 3.03. The van der Waals surface area contributed by atoms with Gasteiger partial charge in [0.15, 0.2) is 0 Å². The first-order chi connectivity index (χ1) is 8.46. The van der Waals surface area contributed by atoms with Crippen LogP contribution < -0.4 is 5.73 Å². The fourth-order valence-corrected chi connectivity index (χ4v) is 2.42. The van der Waals surface area contributed by atoms with Crippen molar-refractivity contribution in [1.29, 1.82) is 0 Å². The van der Waals surface area contributed by atoms with Gasteiger partial charge in [-0.3, -0.25) is 9.59 Å². The molecule has 18 heavy (non-hydrogen) atoms. The van der Waals surface area contributed by atoms with Crippen LogP contribution >= 0.6 is 11.6 Å². The number of hydrogen-bond donors (Lipinski definition) is 1. The maximum atomic E-state index is 11.7. The first-order valence-electron chi connectivity index (χ1n) is 5.66. The summed E-state index contributed by atoms with van der Waals surface area (Å²) in [6.07, 6.45) is 0.608. The number of carbonyl (C=O) groups is 2. The summed E-state index contributed by atoms with van der Waals surface area (Å²) < 4.78 is 4.94. The third-order valence-electron chi connectivity index (χ3n) is 3.39. The molecule has 1 aromatic carbocycles. The highest BCUT2D eigenvalue weighted by atomic mass is 35.5. The molecular weight excluding hydrogens is 254 g/mol. The molecular formula is C13H14ClNO3. The molecule has 2 rings (SSSR count). The fourth-order valence-electron chi connectivity index (χ4n) is 2.29. The van der Waals surface area contributed by atoms with Crippen molar-refractivity contribution >= 4 is 23.5 Å². The molecule has 1 fully saturated rings. The minimum Gasteiger partial charge on any atom is -0.466 e. The molecule has 0 spiro atoms. The van der Waals surface area contributed by atoms with Gasteiger partial charge in [-0.15, -0.1) is 0 Å². The Kier molecular flexibility index (Phi) is 3.30. The molecule has 1 aliphatic rings. The second kappa shape index (κ2) is 4.61. The predicted octanol–water partition coefficient (Wildman–Crippen LogP) is 1.65. The zero-order chi connectivity index (χ0) is 13.3. The van der Waals surface area contributed by atoms with Gasteiger partial charge in [-0.25, -0.2) is 0 Å². The number of primary amides is 1. The van der Waals surface area contributed by atoms with Gasteiger partial charge in [0.2, 0.25) is 5.91 Å². The summed E-state index contributed by atoms with van der Waals surface area (Å²) in [5, 5.41) is 0.607. The van der Waals surface area contributed by atoms with Crippen LogP contribution in [0, 0.1) is 5.92 Å². The molecule has 5 heteroatoms. The van der Waals surface area contributed by atoms with Crippen LogP contribution in [-0.4, -0.2) is 18.5 Å². The second-order valence-electron chi connectivity index (χ2n) is 4.55. The number of ether oxygens (including phenoxy) is 1. The first kappa shape index (κ1) is 12.9. The molecule has 96 valence electrons. The Morgan fingerprint density at radius 1 is 1.44 bits per heavy atom. The van der Waals surface area contributed by atoms with Gasteiger partial charge in [0, 0.05) is 17.9 Å². The zero-order valence-electron chi connectivity index (χ0n) is 9.98. The Balaban J connectivity index is 2.18. The van der Waals surface area contributed by atoms with Gasteiger partial charge in [0.05, 0.1) is 12.0 Å².